The summed E-state index contributed by atoms with van der Waals surface area (Å²) < 4.78 is 0.608. The minimum atomic E-state index is -0.889. The third kappa shape index (κ3) is 19.5. The number of quaternary nitrogens is 1. The Morgan fingerprint density at radius 1 is 0.821 bits per heavy atom. The minimum absolute atomic E-state index is 0.0540. The molecule has 0 heterocycles. The molecule has 1 unspecified atom stereocenters. The van der Waals surface area contributed by atoms with E-state index in [9.17, 15) is 9.59 Å². The molecule has 0 radical (unpaired) electrons. The molecule has 0 saturated carbocycles. The van der Waals surface area contributed by atoms with Crippen molar-refractivity contribution in [2.24, 2.45) is 0 Å². The highest BCUT2D eigenvalue weighted by molar-refractivity contribution is 5.75. The zero-order chi connectivity index (χ0) is 21.3. The van der Waals surface area contributed by atoms with Gasteiger partial charge in [-0.25, -0.2) is 4.79 Å². The second-order valence-corrected chi connectivity index (χ2v) is 9.06. The maximum atomic E-state index is 12.0. The number of nitrogens with zero attached hydrogens (tertiary/aromatic N) is 1. The quantitative estimate of drug-likeness (QED) is 0.233. The summed E-state index contributed by atoms with van der Waals surface area (Å²) in [5.74, 6) is -0.889. The van der Waals surface area contributed by atoms with Crippen LogP contribution in [0.3, 0.4) is 0 Å². The van der Waals surface area contributed by atoms with Crippen LogP contribution < -0.4 is 10.6 Å². The molecule has 0 fully saturated rings. The summed E-state index contributed by atoms with van der Waals surface area (Å²) >= 11 is 0. The lowest BCUT2D eigenvalue weighted by atomic mass is 10.1. The molecular weight excluding hydrogens is 354 g/mol. The van der Waals surface area contributed by atoms with Gasteiger partial charge in [0.15, 0.2) is 0 Å². The van der Waals surface area contributed by atoms with Gasteiger partial charge < -0.3 is 20.2 Å². The normalized spacial score (nSPS) is 12.6. The topological polar surface area (TPSA) is 78.4 Å². The number of hydrogen-bond acceptors (Lipinski definition) is 2. The smallest absolute Gasteiger partial charge is 0.315 e. The highest BCUT2D eigenvalue weighted by Crippen LogP contribution is 2.11. The highest BCUT2D eigenvalue weighted by atomic mass is 16.4. The molecule has 0 aromatic carbocycles. The molecule has 0 bridgehead atoms. The molecule has 2 amide bonds. The lowest BCUT2D eigenvalue weighted by Crippen LogP contribution is -2.52. The summed E-state index contributed by atoms with van der Waals surface area (Å²) in [6.45, 7) is 3.48. The van der Waals surface area contributed by atoms with Crippen LogP contribution in [0.15, 0.2) is 0 Å². The molecule has 0 aliphatic heterocycles. The van der Waals surface area contributed by atoms with Crippen LogP contribution >= 0.6 is 0 Å². The van der Waals surface area contributed by atoms with Crippen molar-refractivity contribution in [3.8, 4) is 0 Å². The van der Waals surface area contributed by atoms with E-state index in [-0.39, 0.29) is 18.5 Å². The number of carboxylic acid groups (broad SMARTS) is 1. The lowest BCUT2D eigenvalue weighted by molar-refractivity contribution is -0.871. The second-order valence-electron chi connectivity index (χ2n) is 9.06. The molecule has 3 N–H and O–H groups in total. The van der Waals surface area contributed by atoms with E-state index in [1.165, 1.54) is 64.2 Å². The van der Waals surface area contributed by atoms with Crippen LogP contribution in [0.25, 0.3) is 0 Å². The first-order valence-corrected chi connectivity index (χ1v) is 11.3. The molecule has 28 heavy (non-hydrogen) atoms. The van der Waals surface area contributed by atoms with Crippen molar-refractivity contribution in [1.29, 1.82) is 0 Å². The number of urea groups is 1. The van der Waals surface area contributed by atoms with E-state index >= 15 is 0 Å². The van der Waals surface area contributed by atoms with Crippen molar-refractivity contribution < 1.29 is 19.2 Å². The lowest BCUT2D eigenvalue weighted by Gasteiger charge is -2.29. The first kappa shape index (κ1) is 26.7. The van der Waals surface area contributed by atoms with Crippen LogP contribution in [-0.2, 0) is 4.79 Å². The summed E-state index contributed by atoms with van der Waals surface area (Å²) in [4.78, 5) is 23.0. The Bertz CT molecular complexity index is 408. The van der Waals surface area contributed by atoms with Crippen LogP contribution in [0, 0.1) is 0 Å². The van der Waals surface area contributed by atoms with Crippen LogP contribution in [0.1, 0.15) is 90.4 Å². The molecule has 6 nitrogen and oxygen atoms in total. The predicted octanol–water partition coefficient (Wildman–Crippen LogP) is 4.54. The fourth-order valence-electron chi connectivity index (χ4n) is 3.44. The van der Waals surface area contributed by atoms with Gasteiger partial charge >= 0.3 is 12.0 Å². The zero-order valence-electron chi connectivity index (χ0n) is 18.9. The van der Waals surface area contributed by atoms with E-state index < -0.39 is 5.97 Å². The summed E-state index contributed by atoms with van der Waals surface area (Å²) in [5.41, 5.74) is 0. The van der Waals surface area contributed by atoms with Crippen molar-refractivity contribution in [2.45, 2.75) is 96.4 Å². The number of rotatable bonds is 18. The summed E-state index contributed by atoms with van der Waals surface area (Å²) in [7, 11) is 5.96. The fraction of sp³-hybridized carbons (Fsp3) is 0.909. The summed E-state index contributed by atoms with van der Waals surface area (Å²) in [6, 6.07) is -0.623. The zero-order valence-corrected chi connectivity index (χ0v) is 18.9. The van der Waals surface area contributed by atoms with Gasteiger partial charge in [-0.05, 0) is 6.42 Å². The van der Waals surface area contributed by atoms with Gasteiger partial charge in [-0.3, -0.25) is 4.79 Å². The van der Waals surface area contributed by atoms with E-state index in [0.717, 1.165) is 12.8 Å². The van der Waals surface area contributed by atoms with Crippen LogP contribution in [0.4, 0.5) is 4.79 Å². The number of carbonyl (C=O) groups is 2. The Kier molecular flexibility index (Phi) is 15.9. The van der Waals surface area contributed by atoms with Gasteiger partial charge in [-0.1, -0.05) is 77.6 Å². The Hall–Kier alpha value is -1.30. The molecule has 0 aromatic heterocycles. The van der Waals surface area contributed by atoms with E-state index in [2.05, 4.69) is 17.6 Å². The van der Waals surface area contributed by atoms with Crippen molar-refractivity contribution in [3.05, 3.63) is 0 Å². The first-order valence-electron chi connectivity index (χ1n) is 11.3. The fourth-order valence-corrected chi connectivity index (χ4v) is 3.44. The van der Waals surface area contributed by atoms with Gasteiger partial charge in [0.2, 0.25) is 0 Å². The Morgan fingerprint density at radius 3 is 1.71 bits per heavy atom. The van der Waals surface area contributed by atoms with Gasteiger partial charge in [0.05, 0.1) is 40.2 Å². The molecule has 0 saturated heterocycles. The molecule has 0 aromatic rings. The number of likely N-dealkylation sites (N-methyl/N-ethyl adjacent to an activating group) is 1. The van der Waals surface area contributed by atoms with E-state index in [1.807, 2.05) is 21.1 Å². The number of carboxylic acids is 1. The van der Waals surface area contributed by atoms with Crippen LogP contribution in [0.2, 0.25) is 0 Å². The van der Waals surface area contributed by atoms with Gasteiger partial charge in [-0.15, -0.1) is 0 Å². The van der Waals surface area contributed by atoms with Crippen molar-refractivity contribution in [3.63, 3.8) is 0 Å². The van der Waals surface area contributed by atoms with Gasteiger partial charge in [0, 0.05) is 6.54 Å². The predicted molar refractivity (Wildman–Crippen MR) is 117 cm³/mol. The molecule has 166 valence electrons. The minimum Gasteiger partial charge on any atom is -0.481 e. The number of nitrogens with one attached hydrogen (secondary N) is 2. The first-order chi connectivity index (χ1) is 13.2. The van der Waals surface area contributed by atoms with Crippen molar-refractivity contribution in [2.75, 3.05) is 34.2 Å². The number of amides is 2. The van der Waals surface area contributed by atoms with Crippen LogP contribution in [-0.4, -0.2) is 61.9 Å². The average Bonchev–Trinajstić information content (AvgIpc) is 2.56. The molecule has 6 heteroatoms. The monoisotopic (exact) mass is 400 g/mol. The highest BCUT2D eigenvalue weighted by Gasteiger charge is 2.22. The molecular formula is C22H46N3O3+. The number of hydrogen-bond donors (Lipinski definition) is 3. The van der Waals surface area contributed by atoms with Crippen LogP contribution in [0.5, 0.6) is 0 Å². The van der Waals surface area contributed by atoms with Crippen molar-refractivity contribution in [1.82, 2.24) is 10.6 Å². The standard InChI is InChI=1S/C22H45N3O3/c1-5-6-7-8-9-10-11-12-13-14-15-16-17-23-22(28)24-20(18-21(26)27)19-25(2,3)4/h20H,5-19H2,1-4H3,(H2-,23,24,26,27,28)/p+1. The summed E-state index contributed by atoms with van der Waals surface area (Å²) in [6.07, 6.45) is 15.5. The van der Waals surface area contributed by atoms with Gasteiger partial charge in [0.25, 0.3) is 0 Å². The molecule has 0 rings (SSSR count). The Morgan fingerprint density at radius 2 is 1.29 bits per heavy atom. The Labute approximate surface area is 173 Å². The Balaban J connectivity index is 3.63. The summed E-state index contributed by atoms with van der Waals surface area (Å²) in [5, 5.41) is 14.7. The molecule has 0 aliphatic carbocycles. The number of unbranched alkanes of at least 4 members (excludes halogenated alkanes) is 11. The second kappa shape index (κ2) is 16.6. The maximum Gasteiger partial charge on any atom is 0.315 e. The van der Waals surface area contributed by atoms with Gasteiger partial charge in [0.1, 0.15) is 0 Å². The van der Waals surface area contributed by atoms with E-state index in [4.69, 9.17) is 5.11 Å². The number of aliphatic carboxylic acids is 1. The molecule has 0 spiro atoms. The maximum absolute atomic E-state index is 12.0. The SMILES string of the molecule is CCCCCCCCCCCCCCNC(=O)NC(CC(=O)O)C[N+](C)(C)C. The molecule has 0 aliphatic rings. The third-order valence-corrected chi connectivity index (χ3v) is 4.84. The van der Waals surface area contributed by atoms with Gasteiger partial charge in [-0.2, -0.15) is 0 Å². The average molecular weight is 401 g/mol. The third-order valence-electron chi connectivity index (χ3n) is 4.84. The largest absolute Gasteiger partial charge is 0.481 e. The van der Waals surface area contributed by atoms with E-state index in [1.54, 1.807) is 0 Å². The van der Waals surface area contributed by atoms with Crippen molar-refractivity contribution >= 4 is 12.0 Å². The molecule has 1 atom stereocenters. The van der Waals surface area contributed by atoms with E-state index in [0.29, 0.717) is 17.6 Å². The number of carbonyl (C=O) groups excluding carboxylic acids is 1.